The number of phosphoric acid groups is 2. The fourth-order valence-corrected chi connectivity index (χ4v) is 11.2. The third-order valence-electron chi connectivity index (χ3n) is 15.2. The van der Waals surface area contributed by atoms with Crippen LogP contribution in [0.3, 0.4) is 0 Å². The van der Waals surface area contributed by atoms with E-state index in [0.29, 0.717) is 31.6 Å². The van der Waals surface area contributed by atoms with E-state index in [1.165, 1.54) is 103 Å². The first-order valence-corrected chi connectivity index (χ1v) is 36.7. The first kappa shape index (κ1) is 82.1. The van der Waals surface area contributed by atoms with Crippen molar-refractivity contribution in [2.75, 3.05) is 39.6 Å². The van der Waals surface area contributed by atoms with Crippen LogP contribution in [0, 0.1) is 23.7 Å². The summed E-state index contributed by atoms with van der Waals surface area (Å²) in [5.41, 5.74) is 0. The molecule has 0 aromatic heterocycles. The lowest BCUT2D eigenvalue weighted by Gasteiger charge is -2.21. The number of ether oxygens (including phenoxy) is 4. The third kappa shape index (κ3) is 57.8. The average Bonchev–Trinajstić information content (AvgIpc) is 3.52. The molecule has 0 rings (SSSR count). The highest BCUT2D eigenvalue weighted by atomic mass is 31.2. The van der Waals surface area contributed by atoms with E-state index in [4.69, 9.17) is 37.0 Å². The summed E-state index contributed by atoms with van der Waals surface area (Å²) in [6.45, 7) is 14.0. The minimum absolute atomic E-state index is 0.103. The van der Waals surface area contributed by atoms with Crippen LogP contribution >= 0.6 is 15.6 Å². The number of carbonyl (C=O) groups excluding carboxylic acids is 4. The molecule has 3 N–H and O–H groups in total. The van der Waals surface area contributed by atoms with Crippen LogP contribution < -0.4 is 0 Å². The number of esters is 4. The second kappa shape index (κ2) is 55.2. The van der Waals surface area contributed by atoms with Crippen LogP contribution in [0.1, 0.15) is 312 Å². The van der Waals surface area contributed by atoms with Crippen LogP contribution in [0.2, 0.25) is 0 Å². The van der Waals surface area contributed by atoms with Gasteiger partial charge in [-0.25, -0.2) is 9.13 Å². The van der Waals surface area contributed by atoms with Crippen molar-refractivity contribution < 1.29 is 80.2 Å². The summed E-state index contributed by atoms with van der Waals surface area (Å²) in [5.74, 6) is 0.766. The second-order valence-electron chi connectivity index (χ2n) is 25.2. The zero-order valence-electron chi connectivity index (χ0n) is 54.5. The predicted molar refractivity (Wildman–Crippen MR) is 335 cm³/mol. The number of aliphatic hydroxyl groups excluding tert-OH is 1. The number of hydrogen-bond acceptors (Lipinski definition) is 15. The van der Waals surface area contributed by atoms with Crippen LogP contribution in [0.15, 0.2) is 0 Å². The maximum Gasteiger partial charge on any atom is 0.472 e. The molecule has 0 aliphatic heterocycles. The van der Waals surface area contributed by atoms with Gasteiger partial charge in [0.05, 0.1) is 26.4 Å². The molecule has 0 amide bonds. The topological polar surface area (TPSA) is 237 Å². The molecule has 17 nitrogen and oxygen atoms in total. The van der Waals surface area contributed by atoms with Crippen LogP contribution in [-0.4, -0.2) is 96.7 Å². The zero-order valence-corrected chi connectivity index (χ0v) is 56.3. The van der Waals surface area contributed by atoms with Crippen molar-refractivity contribution in [2.24, 2.45) is 23.7 Å². The van der Waals surface area contributed by atoms with Crippen molar-refractivity contribution in [3.63, 3.8) is 0 Å². The predicted octanol–water partition coefficient (Wildman–Crippen LogP) is 17.8. The molecule has 6 atom stereocenters. The van der Waals surface area contributed by atoms with Gasteiger partial charge in [-0.1, -0.05) is 261 Å². The molecule has 0 heterocycles. The summed E-state index contributed by atoms with van der Waals surface area (Å²) in [6.07, 6.45) is 35.0. The lowest BCUT2D eigenvalue weighted by atomic mass is 10.00. The Kier molecular flexibility index (Phi) is 53.9. The summed E-state index contributed by atoms with van der Waals surface area (Å²) in [5, 5.41) is 10.5. The molecule has 0 saturated heterocycles. The lowest BCUT2D eigenvalue weighted by Crippen LogP contribution is -2.30. The van der Waals surface area contributed by atoms with Crippen LogP contribution in [0.4, 0.5) is 0 Å². The fourth-order valence-electron chi connectivity index (χ4n) is 9.57. The summed E-state index contributed by atoms with van der Waals surface area (Å²) in [7, 11) is -9.89. The minimum Gasteiger partial charge on any atom is -0.462 e. The van der Waals surface area contributed by atoms with E-state index in [9.17, 15) is 43.2 Å². The van der Waals surface area contributed by atoms with Gasteiger partial charge in [0, 0.05) is 25.7 Å². The van der Waals surface area contributed by atoms with Gasteiger partial charge >= 0.3 is 39.5 Å². The van der Waals surface area contributed by atoms with Crippen molar-refractivity contribution in [1.82, 2.24) is 0 Å². The summed E-state index contributed by atoms with van der Waals surface area (Å²) in [4.78, 5) is 72.3. The molecular weight excluding hydrogens is 1110 g/mol. The quantitative estimate of drug-likeness (QED) is 0.0222. The monoisotopic (exact) mass is 1240 g/mol. The van der Waals surface area contributed by atoms with E-state index in [1.54, 1.807) is 0 Å². The number of phosphoric ester groups is 2. The van der Waals surface area contributed by atoms with Crippen molar-refractivity contribution in [2.45, 2.75) is 331 Å². The van der Waals surface area contributed by atoms with Crippen LogP contribution in [0.5, 0.6) is 0 Å². The third-order valence-corrected chi connectivity index (χ3v) is 17.1. The SMILES string of the molecule is CCC(C)CCCCCCCCC(=O)OC[C@H](COP(=O)(O)OC[C@H](O)COP(=O)(O)OC[C@@H](COC(=O)CCCCCCCCCC(C)C)OC(=O)CCCCCCCCCCC(C)C)OC(=O)CCCCCCCCCCCCC(C)C. The Balaban J connectivity index is 5.26. The van der Waals surface area contributed by atoms with Crippen molar-refractivity contribution >= 4 is 39.5 Å². The molecule has 0 aliphatic rings. The standard InChI is InChI=1S/C65H126O17P2/c1-9-58(8)44-36-28-23-24-30-38-46-63(68)76-52-61(81-64(69)47-39-31-20-13-11-10-12-17-25-33-41-55(2)3)54-80-84(73,74)78-50-59(66)49-77-83(71,72)79-53-60(51-75-62(67)45-37-29-22-16-19-27-35-43-57(6)7)82-65(70)48-40-32-21-15-14-18-26-34-42-56(4)5/h55-61,66H,9-54H2,1-8H3,(H,71,72)(H,73,74)/t58?,59-,60-,61-/m1/s1. The van der Waals surface area contributed by atoms with E-state index in [0.717, 1.165) is 120 Å². The Bertz CT molecular complexity index is 1680. The Labute approximate surface area is 511 Å². The highest BCUT2D eigenvalue weighted by molar-refractivity contribution is 7.47. The molecule has 0 fully saturated rings. The Hall–Kier alpha value is -1.94. The molecule has 0 aromatic rings. The van der Waals surface area contributed by atoms with Gasteiger partial charge in [0.15, 0.2) is 12.2 Å². The van der Waals surface area contributed by atoms with Crippen molar-refractivity contribution in [3.05, 3.63) is 0 Å². The van der Waals surface area contributed by atoms with Gasteiger partial charge in [-0.3, -0.25) is 37.3 Å². The van der Waals surface area contributed by atoms with Gasteiger partial charge in [0.2, 0.25) is 0 Å². The number of hydrogen-bond donors (Lipinski definition) is 3. The molecule has 0 spiro atoms. The second-order valence-corrected chi connectivity index (χ2v) is 28.1. The number of carbonyl (C=O) groups is 4. The first-order valence-electron chi connectivity index (χ1n) is 33.7. The van der Waals surface area contributed by atoms with E-state index < -0.39 is 97.5 Å². The van der Waals surface area contributed by atoms with Gasteiger partial charge in [-0.2, -0.15) is 0 Å². The van der Waals surface area contributed by atoms with Crippen molar-refractivity contribution in [1.29, 1.82) is 0 Å². The molecule has 19 heteroatoms. The summed E-state index contributed by atoms with van der Waals surface area (Å²) < 4.78 is 68.0. The van der Waals surface area contributed by atoms with E-state index in [1.807, 2.05) is 0 Å². The maximum absolute atomic E-state index is 13.0. The molecule has 0 radical (unpaired) electrons. The number of aliphatic hydroxyl groups is 1. The highest BCUT2D eigenvalue weighted by Gasteiger charge is 2.30. The Morgan fingerprint density at radius 3 is 0.845 bits per heavy atom. The fraction of sp³-hybridized carbons (Fsp3) is 0.938. The number of unbranched alkanes of at least 4 members (excludes halogenated alkanes) is 27. The average molecular weight is 1240 g/mol. The highest BCUT2D eigenvalue weighted by Crippen LogP contribution is 2.45. The van der Waals surface area contributed by atoms with Gasteiger partial charge in [0.1, 0.15) is 19.3 Å². The molecule has 0 aliphatic carbocycles. The Morgan fingerprint density at radius 2 is 0.571 bits per heavy atom. The molecule has 0 aromatic carbocycles. The van der Waals surface area contributed by atoms with Crippen molar-refractivity contribution in [3.8, 4) is 0 Å². The lowest BCUT2D eigenvalue weighted by molar-refractivity contribution is -0.161. The molecular formula is C65H126O17P2. The molecule has 3 unspecified atom stereocenters. The summed E-state index contributed by atoms with van der Waals surface area (Å²) in [6, 6.07) is 0. The van der Waals surface area contributed by atoms with Gasteiger partial charge < -0.3 is 33.8 Å². The normalized spacial score (nSPS) is 14.7. The van der Waals surface area contributed by atoms with Crippen LogP contribution in [0.25, 0.3) is 0 Å². The van der Waals surface area contributed by atoms with Gasteiger partial charge in [-0.15, -0.1) is 0 Å². The maximum atomic E-state index is 13.0. The van der Waals surface area contributed by atoms with E-state index >= 15 is 0 Å². The molecule has 0 bridgehead atoms. The van der Waals surface area contributed by atoms with E-state index in [2.05, 4.69) is 55.4 Å². The van der Waals surface area contributed by atoms with Gasteiger partial charge in [-0.05, 0) is 49.4 Å². The number of rotatable bonds is 62. The van der Waals surface area contributed by atoms with Gasteiger partial charge in [0.25, 0.3) is 0 Å². The molecule has 0 saturated carbocycles. The summed E-state index contributed by atoms with van der Waals surface area (Å²) >= 11 is 0. The van der Waals surface area contributed by atoms with E-state index in [-0.39, 0.29) is 25.7 Å². The Morgan fingerprint density at radius 1 is 0.333 bits per heavy atom. The first-order chi connectivity index (χ1) is 40.1. The minimum atomic E-state index is -4.95. The van der Waals surface area contributed by atoms with Crippen LogP contribution in [-0.2, 0) is 65.4 Å². The largest absolute Gasteiger partial charge is 0.472 e. The molecule has 84 heavy (non-hydrogen) atoms. The smallest absolute Gasteiger partial charge is 0.462 e. The zero-order chi connectivity index (χ0) is 62.5. The molecule has 498 valence electrons.